The Morgan fingerprint density at radius 1 is 0.420 bits per heavy atom. The third-order valence-electron chi connectivity index (χ3n) is 7.28. The van der Waals surface area contributed by atoms with E-state index in [4.69, 9.17) is 16.7 Å². The van der Waals surface area contributed by atoms with Crippen LogP contribution in [-0.4, -0.2) is 70.3 Å². The van der Waals surface area contributed by atoms with Crippen LogP contribution in [0.3, 0.4) is 0 Å². The largest absolute Gasteiger partial charge is 0.387 e. The first-order valence-corrected chi connectivity index (χ1v) is 20.5. The van der Waals surface area contributed by atoms with Gasteiger partial charge in [-0.25, -0.2) is 0 Å². The minimum atomic E-state index is -4.78. The highest BCUT2D eigenvalue weighted by molar-refractivity contribution is 7.87. The highest BCUT2D eigenvalue weighted by Gasteiger charge is 2.39. The fourth-order valence-electron chi connectivity index (χ4n) is 4.31. The van der Waals surface area contributed by atoms with Gasteiger partial charge in [0, 0.05) is 0 Å². The van der Waals surface area contributed by atoms with Gasteiger partial charge in [0.2, 0.25) is 0 Å². The highest BCUT2D eigenvalue weighted by Crippen LogP contribution is 2.25. The van der Waals surface area contributed by atoms with Crippen LogP contribution in [0, 0.1) is 27.7 Å². The van der Waals surface area contributed by atoms with Gasteiger partial charge < -0.3 is 5.11 Å². The van der Waals surface area contributed by atoms with Gasteiger partial charge in [0.05, 0.1) is 32.8 Å². The smallest absolute Gasteiger partial charge is 0.297 e. The summed E-state index contributed by atoms with van der Waals surface area (Å²) in [5.74, 6) is 0. The van der Waals surface area contributed by atoms with Crippen LogP contribution < -0.4 is 0 Å². The van der Waals surface area contributed by atoms with Crippen molar-refractivity contribution in [2.45, 2.75) is 65.6 Å². The average molecular weight is 769 g/mol. The van der Waals surface area contributed by atoms with Gasteiger partial charge >= 0.3 is 0 Å². The van der Waals surface area contributed by atoms with E-state index in [0.29, 0.717) is 11.1 Å². The average Bonchev–Trinajstić information content (AvgIpc) is 3.05. The van der Waals surface area contributed by atoms with Crippen LogP contribution in [0.4, 0.5) is 0 Å². The lowest BCUT2D eigenvalue weighted by atomic mass is 10.1. The minimum absolute atomic E-state index is 0.306. The van der Waals surface area contributed by atoms with Crippen molar-refractivity contribution in [3.63, 3.8) is 0 Å². The predicted molar refractivity (Wildman–Crippen MR) is 181 cm³/mol. The molecule has 50 heavy (non-hydrogen) atoms. The fourth-order valence-corrected chi connectivity index (χ4v) is 8.30. The molecule has 13 nitrogen and oxygen atoms in total. The topological polar surface area (TPSA) is 194 Å². The van der Waals surface area contributed by atoms with E-state index in [1.807, 2.05) is 0 Å². The Kier molecular flexibility index (Phi) is 12.4. The van der Waals surface area contributed by atoms with Crippen molar-refractivity contribution >= 4 is 40.5 Å². The Bertz CT molecular complexity index is 2040. The number of aliphatic hydroxyl groups is 1. The summed E-state index contributed by atoms with van der Waals surface area (Å²) in [7, 11) is -18.7. The van der Waals surface area contributed by atoms with Gasteiger partial charge in [0.1, 0.15) is 18.3 Å². The Balaban J connectivity index is 1.73. The molecule has 0 aliphatic heterocycles. The summed E-state index contributed by atoms with van der Waals surface area (Å²) in [4.78, 5) is -1.38. The lowest BCUT2D eigenvalue weighted by molar-refractivity contribution is -0.0597. The molecular formula is C33H36O13S4. The maximum Gasteiger partial charge on any atom is 0.297 e. The van der Waals surface area contributed by atoms with Crippen LogP contribution in [0.1, 0.15) is 22.3 Å². The molecular weight excluding hydrogens is 733 g/mol. The van der Waals surface area contributed by atoms with E-state index in [-0.39, 0.29) is 19.6 Å². The molecule has 4 aromatic carbocycles. The van der Waals surface area contributed by atoms with Gasteiger partial charge in [-0.15, -0.1) is 0 Å². The zero-order valence-corrected chi connectivity index (χ0v) is 30.6. The molecule has 0 fully saturated rings. The molecule has 1 N–H and O–H groups in total. The fraction of sp³-hybridized carbons (Fsp3) is 0.273. The molecule has 0 amide bonds. The van der Waals surface area contributed by atoms with E-state index in [0.717, 1.165) is 11.1 Å². The van der Waals surface area contributed by atoms with Crippen molar-refractivity contribution in [2.75, 3.05) is 13.2 Å². The molecule has 17 heteroatoms. The van der Waals surface area contributed by atoms with Crippen LogP contribution in [0.15, 0.2) is 117 Å². The van der Waals surface area contributed by atoms with Crippen molar-refractivity contribution < 1.29 is 55.5 Å². The quantitative estimate of drug-likeness (QED) is 0.161. The maximum atomic E-state index is 13.4. The second kappa shape index (κ2) is 15.8. The number of hydrogen-bond acceptors (Lipinski definition) is 13. The normalized spacial score (nSPS) is 14.6. The molecule has 3 atom stereocenters. The van der Waals surface area contributed by atoms with Crippen molar-refractivity contribution in [2.24, 2.45) is 0 Å². The van der Waals surface area contributed by atoms with Crippen LogP contribution in [0.5, 0.6) is 0 Å². The molecule has 4 rings (SSSR count). The van der Waals surface area contributed by atoms with Crippen LogP contribution >= 0.6 is 0 Å². The first-order valence-electron chi connectivity index (χ1n) is 14.9. The lowest BCUT2D eigenvalue weighted by Crippen LogP contribution is -2.47. The number of aliphatic hydroxyl groups excluding tert-OH is 1. The summed E-state index contributed by atoms with van der Waals surface area (Å²) >= 11 is 0. The van der Waals surface area contributed by atoms with Gasteiger partial charge in [-0.1, -0.05) is 70.8 Å². The Hall–Kier alpha value is -3.52. The van der Waals surface area contributed by atoms with Gasteiger partial charge in [-0.05, 0) is 76.2 Å². The predicted octanol–water partition coefficient (Wildman–Crippen LogP) is 3.94. The number of hydrogen-bond donors (Lipinski definition) is 1. The molecule has 270 valence electrons. The summed E-state index contributed by atoms with van der Waals surface area (Å²) in [5, 5.41) is 11.6. The molecule has 0 aromatic heterocycles. The monoisotopic (exact) mass is 768 g/mol. The zero-order chi connectivity index (χ0) is 36.9. The van der Waals surface area contributed by atoms with Crippen molar-refractivity contribution in [3.05, 3.63) is 119 Å². The number of benzene rings is 4. The second-order valence-electron chi connectivity index (χ2n) is 11.4. The molecule has 0 saturated heterocycles. The molecule has 4 aromatic rings. The summed E-state index contributed by atoms with van der Waals surface area (Å²) in [5.41, 5.74) is 2.88. The van der Waals surface area contributed by atoms with Gasteiger partial charge in [-0.3, -0.25) is 16.7 Å². The SMILES string of the molecule is Cc1ccc(S(=O)(=O)OC[C@H](OS(=O)(=O)c2ccc(C)cc2)C(O)[C@@H](COS(=O)(=O)c2ccc(C)cc2)OS(=O)(=O)c2ccc(C)cc2)cc1. The van der Waals surface area contributed by atoms with E-state index >= 15 is 0 Å². The molecule has 0 aliphatic rings. The summed E-state index contributed by atoms with van der Waals surface area (Å²) in [6.45, 7) is 4.48. The van der Waals surface area contributed by atoms with E-state index < -0.39 is 72.0 Å². The molecule has 0 bridgehead atoms. The second-order valence-corrected chi connectivity index (χ2v) is 17.8. The summed E-state index contributed by atoms with van der Waals surface area (Å²) in [6.07, 6.45) is -6.77. The van der Waals surface area contributed by atoms with E-state index in [9.17, 15) is 38.8 Å². The van der Waals surface area contributed by atoms with Gasteiger partial charge in [0.15, 0.2) is 0 Å². The Labute approximate surface area is 292 Å². The summed E-state index contributed by atoms with van der Waals surface area (Å²) in [6, 6.07) is 21.6. The first-order chi connectivity index (χ1) is 23.3. The maximum absolute atomic E-state index is 13.4. The minimum Gasteiger partial charge on any atom is -0.387 e. The Morgan fingerprint density at radius 3 is 0.880 bits per heavy atom. The van der Waals surface area contributed by atoms with Crippen LogP contribution in [0.25, 0.3) is 0 Å². The lowest BCUT2D eigenvalue weighted by Gasteiger charge is -2.28. The zero-order valence-electron chi connectivity index (χ0n) is 27.4. The third-order valence-corrected chi connectivity index (χ3v) is 12.6. The summed E-state index contributed by atoms with van der Waals surface area (Å²) < 4.78 is 126. The Morgan fingerprint density at radius 2 is 0.640 bits per heavy atom. The van der Waals surface area contributed by atoms with Crippen molar-refractivity contribution in [3.8, 4) is 0 Å². The number of aryl methyl sites for hydroxylation is 4. The molecule has 0 aliphatic carbocycles. The van der Waals surface area contributed by atoms with Crippen LogP contribution in [0.2, 0.25) is 0 Å². The van der Waals surface area contributed by atoms with Crippen molar-refractivity contribution in [1.82, 2.24) is 0 Å². The van der Waals surface area contributed by atoms with E-state index in [1.165, 1.54) is 97.1 Å². The molecule has 0 spiro atoms. The van der Waals surface area contributed by atoms with Gasteiger partial charge in [-0.2, -0.15) is 33.7 Å². The highest BCUT2D eigenvalue weighted by atomic mass is 32.2. The molecule has 0 heterocycles. The third kappa shape index (κ3) is 10.3. The standard InChI is InChI=1S/C33H36O13S4/c1-23-5-13-27(14-6-23)47(35,36)43-21-31(45-49(39,40)29-17-9-25(3)10-18-29)33(34)32(46-50(41,42)30-19-11-26(4)12-20-30)22-44-48(37,38)28-15-7-24(2)8-16-28/h5-20,31-34H,21-22H2,1-4H3/t31-,32+,33?. The van der Waals surface area contributed by atoms with Crippen molar-refractivity contribution in [1.29, 1.82) is 0 Å². The van der Waals surface area contributed by atoms with E-state index in [1.54, 1.807) is 27.7 Å². The van der Waals surface area contributed by atoms with Gasteiger partial charge in [0.25, 0.3) is 40.5 Å². The first kappa shape index (κ1) is 39.3. The molecule has 0 saturated carbocycles. The van der Waals surface area contributed by atoms with E-state index in [2.05, 4.69) is 0 Å². The van der Waals surface area contributed by atoms with Crippen LogP contribution in [-0.2, 0) is 57.2 Å². The number of rotatable bonds is 16. The molecule has 0 radical (unpaired) electrons. The molecule has 1 unspecified atom stereocenters.